The summed E-state index contributed by atoms with van der Waals surface area (Å²) >= 11 is 5.92. The highest BCUT2D eigenvalue weighted by molar-refractivity contribution is 6.30. The van der Waals surface area contributed by atoms with E-state index in [9.17, 15) is 4.79 Å². The van der Waals surface area contributed by atoms with E-state index < -0.39 is 5.60 Å². The number of carbonyl (C=O) groups excluding carboxylic acids is 1. The molecule has 0 aromatic heterocycles. The molecule has 5 heteroatoms. The maximum atomic E-state index is 11.5. The second kappa shape index (κ2) is 8.88. The fourth-order valence-electron chi connectivity index (χ4n) is 2.26. The first-order chi connectivity index (χ1) is 11.8. The van der Waals surface area contributed by atoms with Crippen LogP contribution in [0.1, 0.15) is 26.3 Å². The van der Waals surface area contributed by atoms with Crippen molar-refractivity contribution in [3.8, 4) is 11.1 Å². The third-order valence-corrected chi connectivity index (χ3v) is 3.68. The Morgan fingerprint density at radius 2 is 1.52 bits per heavy atom. The minimum atomic E-state index is -0.469. The number of halogens is 1. The highest BCUT2D eigenvalue weighted by Crippen LogP contribution is 2.21. The lowest BCUT2D eigenvalue weighted by Crippen LogP contribution is -2.36. The summed E-state index contributed by atoms with van der Waals surface area (Å²) in [6, 6.07) is 16.2. The second-order valence-corrected chi connectivity index (χ2v) is 7.25. The summed E-state index contributed by atoms with van der Waals surface area (Å²) in [5, 5.41) is 6.77. The Hall–Kier alpha value is -2.04. The van der Waals surface area contributed by atoms with Crippen LogP contribution in [0.15, 0.2) is 48.5 Å². The van der Waals surface area contributed by atoms with Crippen LogP contribution in [0.2, 0.25) is 5.02 Å². The number of ether oxygens (including phenoxy) is 1. The van der Waals surface area contributed by atoms with Crippen LogP contribution in [-0.4, -0.2) is 24.8 Å². The topological polar surface area (TPSA) is 50.4 Å². The van der Waals surface area contributed by atoms with Crippen LogP contribution in [0, 0.1) is 0 Å². The van der Waals surface area contributed by atoms with Crippen molar-refractivity contribution in [1.82, 2.24) is 10.6 Å². The van der Waals surface area contributed by atoms with E-state index in [-0.39, 0.29) is 6.09 Å². The molecule has 1 amide bonds. The summed E-state index contributed by atoms with van der Waals surface area (Å²) in [6.45, 7) is 7.49. The van der Waals surface area contributed by atoms with Gasteiger partial charge in [0.15, 0.2) is 0 Å². The third kappa shape index (κ3) is 7.16. The van der Waals surface area contributed by atoms with Crippen molar-refractivity contribution >= 4 is 17.7 Å². The molecule has 0 aliphatic carbocycles. The van der Waals surface area contributed by atoms with E-state index in [2.05, 4.69) is 34.9 Å². The first-order valence-corrected chi connectivity index (χ1v) is 8.74. The standard InChI is InChI=1S/C20H25ClN2O2/c1-20(2,3)25-19(24)23-13-12-22-14-15-4-6-16(7-5-15)17-8-10-18(21)11-9-17/h4-11,22H,12-14H2,1-3H3,(H,23,24). The largest absolute Gasteiger partial charge is 0.444 e. The van der Waals surface area contributed by atoms with E-state index in [0.717, 1.165) is 22.7 Å². The monoisotopic (exact) mass is 360 g/mol. The van der Waals surface area contributed by atoms with Gasteiger partial charge in [-0.1, -0.05) is 48.0 Å². The van der Waals surface area contributed by atoms with Crippen LogP contribution in [-0.2, 0) is 11.3 Å². The average Bonchev–Trinajstić information content (AvgIpc) is 2.54. The highest BCUT2D eigenvalue weighted by Gasteiger charge is 2.15. The molecule has 25 heavy (non-hydrogen) atoms. The van der Waals surface area contributed by atoms with Crippen molar-refractivity contribution in [2.45, 2.75) is 32.9 Å². The smallest absolute Gasteiger partial charge is 0.407 e. The molecule has 0 saturated carbocycles. The zero-order valence-corrected chi connectivity index (χ0v) is 15.7. The number of hydrogen-bond acceptors (Lipinski definition) is 3. The van der Waals surface area contributed by atoms with Crippen LogP contribution in [0.5, 0.6) is 0 Å². The Morgan fingerprint density at radius 1 is 0.960 bits per heavy atom. The fraction of sp³-hybridized carbons (Fsp3) is 0.350. The molecule has 0 saturated heterocycles. The molecule has 0 bridgehead atoms. The zero-order chi connectivity index (χ0) is 18.3. The van der Waals surface area contributed by atoms with E-state index in [4.69, 9.17) is 16.3 Å². The van der Waals surface area contributed by atoms with Crippen LogP contribution in [0.4, 0.5) is 4.79 Å². The van der Waals surface area contributed by atoms with E-state index in [1.807, 2.05) is 45.0 Å². The molecule has 134 valence electrons. The molecule has 0 aliphatic heterocycles. The zero-order valence-electron chi connectivity index (χ0n) is 14.9. The maximum absolute atomic E-state index is 11.5. The van der Waals surface area contributed by atoms with E-state index in [1.54, 1.807) is 0 Å². The van der Waals surface area contributed by atoms with E-state index in [1.165, 1.54) is 5.56 Å². The quantitative estimate of drug-likeness (QED) is 0.739. The lowest BCUT2D eigenvalue weighted by atomic mass is 10.0. The molecule has 2 aromatic carbocycles. The summed E-state index contributed by atoms with van der Waals surface area (Å²) in [5.41, 5.74) is 3.02. The molecule has 0 radical (unpaired) electrons. The van der Waals surface area contributed by atoms with Crippen LogP contribution < -0.4 is 10.6 Å². The van der Waals surface area contributed by atoms with Gasteiger partial charge in [-0.3, -0.25) is 0 Å². The van der Waals surface area contributed by atoms with Gasteiger partial charge in [0.25, 0.3) is 0 Å². The third-order valence-electron chi connectivity index (χ3n) is 3.43. The van der Waals surface area contributed by atoms with Crippen LogP contribution >= 0.6 is 11.6 Å². The molecule has 0 heterocycles. The van der Waals surface area contributed by atoms with Crippen molar-refractivity contribution in [1.29, 1.82) is 0 Å². The molecule has 0 spiro atoms. The van der Waals surface area contributed by atoms with Crippen molar-refractivity contribution in [2.75, 3.05) is 13.1 Å². The Labute approximate surface area is 154 Å². The summed E-state index contributed by atoms with van der Waals surface area (Å²) < 4.78 is 5.18. The van der Waals surface area contributed by atoms with Gasteiger partial charge >= 0.3 is 6.09 Å². The minimum Gasteiger partial charge on any atom is -0.444 e. The predicted octanol–water partition coefficient (Wildman–Crippen LogP) is 4.62. The molecular formula is C20H25ClN2O2. The number of nitrogens with one attached hydrogen (secondary N) is 2. The molecule has 2 aromatic rings. The summed E-state index contributed by atoms with van der Waals surface area (Å²) in [5.74, 6) is 0. The van der Waals surface area contributed by atoms with Crippen molar-refractivity contribution < 1.29 is 9.53 Å². The lowest BCUT2D eigenvalue weighted by Gasteiger charge is -2.19. The van der Waals surface area contributed by atoms with Crippen molar-refractivity contribution in [2.24, 2.45) is 0 Å². The van der Waals surface area contributed by atoms with Gasteiger partial charge in [-0.2, -0.15) is 0 Å². The first kappa shape index (κ1) is 19.3. The number of alkyl carbamates (subject to hydrolysis) is 1. The van der Waals surface area contributed by atoms with Crippen molar-refractivity contribution in [3.63, 3.8) is 0 Å². The molecule has 0 aliphatic rings. The fourth-order valence-corrected chi connectivity index (χ4v) is 2.38. The van der Waals surface area contributed by atoms with Gasteiger partial charge in [0, 0.05) is 24.7 Å². The number of carbonyl (C=O) groups is 1. The number of hydrogen-bond donors (Lipinski definition) is 2. The predicted molar refractivity (Wildman–Crippen MR) is 103 cm³/mol. The minimum absolute atomic E-state index is 0.387. The lowest BCUT2D eigenvalue weighted by molar-refractivity contribution is 0.0528. The summed E-state index contributed by atoms with van der Waals surface area (Å²) in [6.07, 6.45) is -0.387. The van der Waals surface area contributed by atoms with E-state index in [0.29, 0.717) is 13.1 Å². The van der Waals surface area contributed by atoms with Crippen molar-refractivity contribution in [3.05, 3.63) is 59.1 Å². The molecule has 0 fully saturated rings. The molecule has 0 unspecified atom stereocenters. The molecule has 2 rings (SSSR count). The molecule has 0 atom stereocenters. The molecule has 4 nitrogen and oxygen atoms in total. The van der Waals surface area contributed by atoms with Gasteiger partial charge in [-0.05, 0) is 49.6 Å². The average molecular weight is 361 g/mol. The first-order valence-electron chi connectivity index (χ1n) is 8.36. The van der Waals surface area contributed by atoms with Gasteiger partial charge in [-0.15, -0.1) is 0 Å². The van der Waals surface area contributed by atoms with Gasteiger partial charge in [-0.25, -0.2) is 4.79 Å². The molecule has 2 N–H and O–H groups in total. The summed E-state index contributed by atoms with van der Waals surface area (Å²) in [7, 11) is 0. The molecular weight excluding hydrogens is 336 g/mol. The maximum Gasteiger partial charge on any atom is 0.407 e. The van der Waals surface area contributed by atoms with Gasteiger partial charge in [0.05, 0.1) is 0 Å². The van der Waals surface area contributed by atoms with Crippen LogP contribution in [0.25, 0.3) is 11.1 Å². The van der Waals surface area contributed by atoms with Gasteiger partial charge in [0.1, 0.15) is 5.60 Å². The summed E-state index contributed by atoms with van der Waals surface area (Å²) in [4.78, 5) is 11.5. The number of benzene rings is 2. The Bertz CT molecular complexity index is 676. The second-order valence-electron chi connectivity index (χ2n) is 6.81. The Balaban J connectivity index is 1.71. The normalized spacial score (nSPS) is 11.2. The Morgan fingerprint density at radius 3 is 2.08 bits per heavy atom. The van der Waals surface area contributed by atoms with Gasteiger partial charge in [0.2, 0.25) is 0 Å². The number of rotatable bonds is 6. The van der Waals surface area contributed by atoms with E-state index >= 15 is 0 Å². The number of amides is 1. The van der Waals surface area contributed by atoms with Gasteiger partial charge < -0.3 is 15.4 Å². The Kier molecular flexibility index (Phi) is 6.85. The van der Waals surface area contributed by atoms with Crippen LogP contribution in [0.3, 0.4) is 0 Å². The highest BCUT2D eigenvalue weighted by atomic mass is 35.5. The SMILES string of the molecule is CC(C)(C)OC(=O)NCCNCc1ccc(-c2ccc(Cl)cc2)cc1.